The molecule has 0 heterocycles. The molecule has 1 aliphatic carbocycles. The maximum Gasteiger partial charge on any atom is 0.234 e. The maximum absolute atomic E-state index is 11.7. The molecule has 0 spiro atoms. The molecule has 1 aromatic rings. The number of aromatic hydroxyl groups is 2. The van der Waals surface area contributed by atoms with Crippen LogP contribution in [-0.4, -0.2) is 26.9 Å². The molecule has 2 rings (SSSR count). The minimum absolute atomic E-state index is 0.0245. The number of hydrogen-bond acceptors (Lipinski definition) is 5. The molecule has 0 atom stereocenters. The number of fused-ring (bicyclic) bond motifs is 1. The van der Waals surface area contributed by atoms with Crippen molar-refractivity contribution in [3.63, 3.8) is 0 Å². The van der Waals surface area contributed by atoms with Crippen LogP contribution in [0, 0.1) is 0 Å². The first-order valence-corrected chi connectivity index (χ1v) is 5.04. The topological polar surface area (TPSA) is 94.8 Å². The van der Waals surface area contributed by atoms with Crippen LogP contribution < -0.4 is 0 Å². The monoisotopic (exact) mass is 234 g/mol. The number of ketones is 2. The fourth-order valence-electron chi connectivity index (χ4n) is 1.89. The lowest BCUT2D eigenvalue weighted by Gasteiger charge is -2.18. The molecule has 0 amide bonds. The zero-order valence-corrected chi connectivity index (χ0v) is 9.02. The average Bonchev–Trinajstić information content (AvgIpc) is 2.25. The summed E-state index contributed by atoms with van der Waals surface area (Å²) in [6.45, 7) is 1.62. The van der Waals surface area contributed by atoms with Crippen LogP contribution in [0.2, 0.25) is 0 Å². The number of allylic oxidation sites excluding steroid dienone is 1. The van der Waals surface area contributed by atoms with E-state index < -0.39 is 23.1 Å². The molecule has 5 nitrogen and oxygen atoms in total. The van der Waals surface area contributed by atoms with Crippen molar-refractivity contribution >= 4 is 17.3 Å². The van der Waals surface area contributed by atoms with Gasteiger partial charge in [-0.2, -0.15) is 0 Å². The van der Waals surface area contributed by atoms with Crippen LogP contribution in [0.15, 0.2) is 17.7 Å². The van der Waals surface area contributed by atoms with E-state index >= 15 is 0 Å². The summed E-state index contributed by atoms with van der Waals surface area (Å²) in [5.41, 5.74) is -0.296. The Morgan fingerprint density at radius 2 is 1.71 bits per heavy atom. The second kappa shape index (κ2) is 3.62. The molecule has 0 fully saturated rings. The van der Waals surface area contributed by atoms with E-state index in [1.807, 2.05) is 0 Å². The molecule has 1 aromatic carbocycles. The summed E-state index contributed by atoms with van der Waals surface area (Å²) in [5, 5.41) is 28.7. The zero-order valence-electron chi connectivity index (χ0n) is 9.02. The number of phenols is 2. The minimum atomic E-state index is -0.833. The number of hydrogen-bond donors (Lipinski definition) is 3. The van der Waals surface area contributed by atoms with Gasteiger partial charge in [-0.05, 0) is 12.5 Å². The van der Waals surface area contributed by atoms with Gasteiger partial charge in [0.25, 0.3) is 0 Å². The highest BCUT2D eigenvalue weighted by molar-refractivity contribution is 6.52. The van der Waals surface area contributed by atoms with Crippen LogP contribution in [0.5, 0.6) is 11.5 Å². The van der Waals surface area contributed by atoms with Crippen molar-refractivity contribution in [3.8, 4) is 11.5 Å². The summed E-state index contributed by atoms with van der Waals surface area (Å²) in [6.07, 6.45) is 0.191. The predicted octanol–water partition coefficient (Wildman–Crippen LogP) is 1.54. The lowest BCUT2D eigenvalue weighted by Crippen LogP contribution is -2.23. The van der Waals surface area contributed by atoms with Crippen LogP contribution in [0.4, 0.5) is 0 Å². The number of carbonyl (C=O) groups excluding carboxylic acids is 2. The number of benzene rings is 1. The molecule has 88 valence electrons. The highest BCUT2D eigenvalue weighted by Crippen LogP contribution is 2.37. The van der Waals surface area contributed by atoms with Gasteiger partial charge in [-0.3, -0.25) is 9.59 Å². The fourth-order valence-corrected chi connectivity index (χ4v) is 1.89. The van der Waals surface area contributed by atoms with Crippen LogP contribution in [0.3, 0.4) is 0 Å². The summed E-state index contributed by atoms with van der Waals surface area (Å²) >= 11 is 0. The number of Topliss-reactive ketones (excluding diaryl/α,β-unsaturated/α-hetero) is 2. The van der Waals surface area contributed by atoms with Crippen molar-refractivity contribution < 1.29 is 24.9 Å². The van der Waals surface area contributed by atoms with Gasteiger partial charge in [-0.25, -0.2) is 0 Å². The molecule has 0 saturated carbocycles. The van der Waals surface area contributed by atoms with E-state index in [2.05, 4.69) is 0 Å². The van der Waals surface area contributed by atoms with Crippen molar-refractivity contribution in [1.29, 1.82) is 0 Å². The number of carbonyl (C=O) groups is 2. The Bertz CT molecular complexity index is 569. The summed E-state index contributed by atoms with van der Waals surface area (Å²) < 4.78 is 0. The van der Waals surface area contributed by atoms with Crippen LogP contribution in [0.25, 0.3) is 5.76 Å². The molecular weight excluding hydrogens is 224 g/mol. The quantitative estimate of drug-likeness (QED) is 0.640. The van der Waals surface area contributed by atoms with E-state index in [4.69, 9.17) is 0 Å². The van der Waals surface area contributed by atoms with Crippen molar-refractivity contribution in [2.75, 3.05) is 0 Å². The molecule has 0 unspecified atom stereocenters. The molecule has 0 radical (unpaired) electrons. The number of rotatable bonds is 1. The molecule has 17 heavy (non-hydrogen) atoms. The van der Waals surface area contributed by atoms with E-state index in [0.29, 0.717) is 0 Å². The first-order valence-electron chi connectivity index (χ1n) is 5.04. The fraction of sp³-hybridized carbons (Fsp3) is 0.167. The molecule has 0 bridgehead atoms. The lowest BCUT2D eigenvalue weighted by molar-refractivity contribution is -0.112. The molecule has 3 N–H and O–H groups in total. The Hall–Kier alpha value is -2.30. The van der Waals surface area contributed by atoms with E-state index in [1.54, 1.807) is 6.92 Å². The van der Waals surface area contributed by atoms with Crippen molar-refractivity contribution in [2.24, 2.45) is 0 Å². The van der Waals surface area contributed by atoms with E-state index in [0.717, 1.165) is 12.1 Å². The van der Waals surface area contributed by atoms with E-state index in [1.165, 1.54) is 0 Å². The smallest absolute Gasteiger partial charge is 0.234 e. The third-order valence-corrected chi connectivity index (χ3v) is 2.70. The van der Waals surface area contributed by atoms with Crippen molar-refractivity contribution in [3.05, 3.63) is 28.8 Å². The third kappa shape index (κ3) is 1.47. The van der Waals surface area contributed by atoms with E-state index in [-0.39, 0.29) is 28.9 Å². The van der Waals surface area contributed by atoms with Gasteiger partial charge in [0.05, 0.1) is 5.56 Å². The first-order chi connectivity index (χ1) is 7.97. The normalized spacial score (nSPS) is 15.1. The van der Waals surface area contributed by atoms with Gasteiger partial charge < -0.3 is 15.3 Å². The van der Waals surface area contributed by atoms with Crippen molar-refractivity contribution in [1.82, 2.24) is 0 Å². The predicted molar refractivity (Wildman–Crippen MR) is 58.9 cm³/mol. The number of phenolic OH excluding ortho intramolecular Hbond substituents is 2. The number of aliphatic hydroxyl groups is 1. The SMILES string of the molecule is CCC1=C(O)c2c(O)cc(O)cc2C(=O)C1=O. The molecule has 0 aromatic heterocycles. The Labute approximate surface area is 96.6 Å². The summed E-state index contributed by atoms with van der Waals surface area (Å²) in [6, 6.07) is 2.06. The van der Waals surface area contributed by atoms with Gasteiger partial charge in [0.1, 0.15) is 17.3 Å². The van der Waals surface area contributed by atoms with Crippen LogP contribution in [-0.2, 0) is 4.79 Å². The van der Waals surface area contributed by atoms with Crippen LogP contribution >= 0.6 is 0 Å². The molecule has 0 aliphatic heterocycles. The standard InChI is InChI=1S/C12H10O5/c1-2-6-10(15)9-7(12(17)11(6)16)3-5(13)4-8(9)14/h3-4,13-15H,2H2,1H3. The third-order valence-electron chi connectivity index (χ3n) is 2.70. The van der Waals surface area contributed by atoms with Gasteiger partial charge >= 0.3 is 0 Å². The summed E-state index contributed by atoms with van der Waals surface area (Å²) in [5.74, 6) is -2.80. The Morgan fingerprint density at radius 3 is 2.29 bits per heavy atom. The maximum atomic E-state index is 11.7. The Balaban J connectivity index is 2.83. The van der Waals surface area contributed by atoms with Gasteiger partial charge in [0.2, 0.25) is 11.6 Å². The second-order valence-corrected chi connectivity index (χ2v) is 3.73. The zero-order chi connectivity index (χ0) is 12.7. The van der Waals surface area contributed by atoms with Gasteiger partial charge in [-0.15, -0.1) is 0 Å². The number of aliphatic hydroxyl groups excluding tert-OH is 1. The summed E-state index contributed by atoms with van der Waals surface area (Å²) in [4.78, 5) is 23.3. The highest BCUT2D eigenvalue weighted by atomic mass is 16.3. The second-order valence-electron chi connectivity index (χ2n) is 3.73. The van der Waals surface area contributed by atoms with Crippen LogP contribution in [0.1, 0.15) is 29.3 Å². The van der Waals surface area contributed by atoms with Crippen molar-refractivity contribution in [2.45, 2.75) is 13.3 Å². The Kier molecular flexibility index (Phi) is 2.38. The Morgan fingerprint density at radius 1 is 1.06 bits per heavy atom. The van der Waals surface area contributed by atoms with Gasteiger partial charge in [-0.1, -0.05) is 6.92 Å². The summed E-state index contributed by atoms with van der Waals surface area (Å²) in [7, 11) is 0. The first kappa shape index (κ1) is 11.2. The average molecular weight is 234 g/mol. The minimum Gasteiger partial charge on any atom is -0.508 e. The molecule has 0 saturated heterocycles. The molecular formula is C12H10O5. The largest absolute Gasteiger partial charge is 0.508 e. The highest BCUT2D eigenvalue weighted by Gasteiger charge is 2.34. The van der Waals surface area contributed by atoms with Gasteiger partial charge in [0.15, 0.2) is 0 Å². The lowest BCUT2D eigenvalue weighted by atomic mass is 9.86. The van der Waals surface area contributed by atoms with E-state index in [9.17, 15) is 24.9 Å². The molecule has 1 aliphatic rings. The molecule has 5 heteroatoms. The van der Waals surface area contributed by atoms with Gasteiger partial charge in [0, 0.05) is 17.2 Å².